The van der Waals surface area contributed by atoms with Gasteiger partial charge in [-0.25, -0.2) is 9.67 Å². The van der Waals surface area contributed by atoms with Crippen molar-refractivity contribution in [3.8, 4) is 5.69 Å². The molecule has 1 aromatic heterocycles. The third-order valence-electron chi connectivity index (χ3n) is 5.49. The van der Waals surface area contributed by atoms with E-state index in [2.05, 4.69) is 15.4 Å². The highest BCUT2D eigenvalue weighted by atomic mass is 35.5. The molecule has 1 aliphatic rings. The number of piperidine rings is 1. The van der Waals surface area contributed by atoms with E-state index in [9.17, 15) is 22.8 Å². The first-order valence-electron chi connectivity index (χ1n) is 10.1. The van der Waals surface area contributed by atoms with Crippen LogP contribution < -0.4 is 5.32 Å². The average molecular weight is 478 g/mol. The van der Waals surface area contributed by atoms with E-state index in [1.54, 1.807) is 29.2 Å². The summed E-state index contributed by atoms with van der Waals surface area (Å²) in [6, 6.07) is 9.60. The number of hydrogen-bond acceptors (Lipinski definition) is 4. The van der Waals surface area contributed by atoms with Crippen LogP contribution in [0.5, 0.6) is 0 Å². The van der Waals surface area contributed by atoms with Crippen LogP contribution in [0.2, 0.25) is 5.02 Å². The van der Waals surface area contributed by atoms with E-state index in [-0.39, 0.29) is 17.3 Å². The Morgan fingerprint density at radius 3 is 2.36 bits per heavy atom. The van der Waals surface area contributed by atoms with Gasteiger partial charge in [0.05, 0.1) is 16.9 Å². The minimum atomic E-state index is -4.56. The van der Waals surface area contributed by atoms with Crippen molar-refractivity contribution in [2.24, 2.45) is 5.92 Å². The molecule has 4 rings (SSSR count). The van der Waals surface area contributed by atoms with Crippen LogP contribution >= 0.6 is 11.6 Å². The number of hydrogen-bond donors (Lipinski definition) is 1. The maximum absolute atomic E-state index is 13.2. The molecule has 1 N–H and O–H groups in total. The zero-order chi connectivity index (χ0) is 23.6. The normalized spacial score (nSPS) is 14.8. The number of aromatic nitrogens is 3. The lowest BCUT2D eigenvalue weighted by Gasteiger charge is -2.31. The molecule has 1 fully saturated rings. The molecule has 3 aromatic rings. The van der Waals surface area contributed by atoms with Crippen LogP contribution in [0.3, 0.4) is 0 Å². The largest absolute Gasteiger partial charge is 0.416 e. The minimum absolute atomic E-state index is 0.0139. The third kappa shape index (κ3) is 5.16. The molecule has 0 saturated carbocycles. The van der Waals surface area contributed by atoms with E-state index in [0.29, 0.717) is 36.5 Å². The number of anilines is 1. The first kappa shape index (κ1) is 22.8. The van der Waals surface area contributed by atoms with Crippen molar-refractivity contribution in [3.05, 3.63) is 71.3 Å². The SMILES string of the molecule is O=C(Nc1cc(C(F)(F)F)ccc1-n1cncn1)C1CCN(C(=O)c2ccc(Cl)cc2)CC1. The van der Waals surface area contributed by atoms with Crippen molar-refractivity contribution < 1.29 is 22.8 Å². The van der Waals surface area contributed by atoms with Crippen LogP contribution in [0.1, 0.15) is 28.8 Å². The number of benzene rings is 2. The molecule has 0 aliphatic carbocycles. The zero-order valence-electron chi connectivity index (χ0n) is 17.2. The Bertz CT molecular complexity index is 1140. The van der Waals surface area contributed by atoms with Gasteiger partial charge in [-0.3, -0.25) is 9.59 Å². The molecule has 0 unspecified atom stereocenters. The second-order valence-corrected chi connectivity index (χ2v) is 8.07. The van der Waals surface area contributed by atoms with Crippen LogP contribution in [0, 0.1) is 5.92 Å². The highest BCUT2D eigenvalue weighted by Gasteiger charge is 2.32. The van der Waals surface area contributed by atoms with Crippen molar-refractivity contribution in [2.75, 3.05) is 18.4 Å². The van der Waals surface area contributed by atoms with Gasteiger partial charge in [0.25, 0.3) is 5.91 Å². The molecule has 0 bridgehead atoms. The van der Waals surface area contributed by atoms with Gasteiger partial charge in [-0.2, -0.15) is 18.3 Å². The van der Waals surface area contributed by atoms with Crippen molar-refractivity contribution >= 4 is 29.1 Å². The molecule has 2 amide bonds. The molecule has 2 heterocycles. The summed E-state index contributed by atoms with van der Waals surface area (Å²) in [6.45, 7) is 0.718. The summed E-state index contributed by atoms with van der Waals surface area (Å²) < 4.78 is 40.9. The van der Waals surface area contributed by atoms with Crippen LogP contribution in [0.15, 0.2) is 55.1 Å². The monoisotopic (exact) mass is 477 g/mol. The van der Waals surface area contributed by atoms with Gasteiger partial charge in [0.1, 0.15) is 12.7 Å². The molecule has 2 aromatic carbocycles. The van der Waals surface area contributed by atoms with Crippen molar-refractivity contribution in [1.29, 1.82) is 0 Å². The van der Waals surface area contributed by atoms with E-state index >= 15 is 0 Å². The Morgan fingerprint density at radius 1 is 1.06 bits per heavy atom. The fraction of sp³-hybridized carbons (Fsp3) is 0.273. The number of nitrogens with zero attached hydrogens (tertiary/aromatic N) is 4. The summed E-state index contributed by atoms with van der Waals surface area (Å²) in [5.74, 6) is -1.01. The van der Waals surface area contributed by atoms with Gasteiger partial charge in [0.15, 0.2) is 0 Å². The molecule has 33 heavy (non-hydrogen) atoms. The summed E-state index contributed by atoms with van der Waals surface area (Å²) in [6.07, 6.45) is -1.20. The topological polar surface area (TPSA) is 80.1 Å². The van der Waals surface area contributed by atoms with Crippen LogP contribution in [-0.4, -0.2) is 44.6 Å². The number of likely N-dealkylation sites (tertiary alicyclic amines) is 1. The lowest BCUT2D eigenvalue weighted by atomic mass is 9.95. The van der Waals surface area contributed by atoms with Crippen LogP contribution in [0.25, 0.3) is 5.69 Å². The molecule has 7 nitrogen and oxygen atoms in total. The van der Waals surface area contributed by atoms with Gasteiger partial charge in [-0.05, 0) is 55.3 Å². The molecule has 0 spiro atoms. The summed E-state index contributed by atoms with van der Waals surface area (Å²) in [5.41, 5.74) is -0.127. The molecule has 11 heteroatoms. The number of alkyl halides is 3. The number of rotatable bonds is 4. The lowest BCUT2D eigenvalue weighted by Crippen LogP contribution is -2.41. The van der Waals surface area contributed by atoms with Gasteiger partial charge in [-0.1, -0.05) is 11.6 Å². The van der Waals surface area contributed by atoms with E-state index < -0.39 is 23.6 Å². The summed E-state index contributed by atoms with van der Waals surface area (Å²) in [4.78, 5) is 31.0. The maximum atomic E-state index is 13.2. The van der Waals surface area contributed by atoms with Gasteiger partial charge >= 0.3 is 6.18 Å². The Morgan fingerprint density at radius 2 is 1.76 bits per heavy atom. The molecule has 1 aliphatic heterocycles. The van der Waals surface area contributed by atoms with Gasteiger partial charge in [0, 0.05) is 29.6 Å². The summed E-state index contributed by atoms with van der Waals surface area (Å²) in [5, 5.41) is 7.09. The van der Waals surface area contributed by atoms with Gasteiger partial charge in [-0.15, -0.1) is 0 Å². The van der Waals surface area contributed by atoms with Gasteiger partial charge in [0.2, 0.25) is 5.91 Å². The molecular weight excluding hydrogens is 459 g/mol. The Hall–Kier alpha value is -3.40. The van der Waals surface area contributed by atoms with Crippen LogP contribution in [-0.2, 0) is 11.0 Å². The van der Waals surface area contributed by atoms with Gasteiger partial charge < -0.3 is 10.2 Å². The van der Waals surface area contributed by atoms with Crippen molar-refractivity contribution in [1.82, 2.24) is 19.7 Å². The molecular formula is C22H19ClF3N5O2. The number of amides is 2. The maximum Gasteiger partial charge on any atom is 0.416 e. The fourth-order valence-corrected chi connectivity index (χ4v) is 3.83. The predicted octanol–water partition coefficient (Wildman–Crippen LogP) is 4.43. The Kier molecular flexibility index (Phi) is 6.37. The second-order valence-electron chi connectivity index (χ2n) is 7.63. The summed E-state index contributed by atoms with van der Waals surface area (Å²) in [7, 11) is 0. The fourth-order valence-electron chi connectivity index (χ4n) is 3.70. The number of carbonyl (C=O) groups is 2. The molecule has 0 atom stereocenters. The number of halogens is 4. The molecule has 0 radical (unpaired) electrons. The third-order valence-corrected chi connectivity index (χ3v) is 5.74. The summed E-state index contributed by atoms with van der Waals surface area (Å²) >= 11 is 5.86. The van der Waals surface area contributed by atoms with Crippen LogP contribution in [0.4, 0.5) is 18.9 Å². The number of nitrogens with one attached hydrogen (secondary N) is 1. The van der Waals surface area contributed by atoms with Crippen molar-refractivity contribution in [2.45, 2.75) is 19.0 Å². The van der Waals surface area contributed by atoms with E-state index in [4.69, 9.17) is 11.6 Å². The van der Waals surface area contributed by atoms with E-state index in [1.165, 1.54) is 23.4 Å². The van der Waals surface area contributed by atoms with E-state index in [0.717, 1.165) is 12.1 Å². The van der Waals surface area contributed by atoms with Crippen molar-refractivity contribution in [3.63, 3.8) is 0 Å². The number of carbonyl (C=O) groups excluding carboxylic acids is 2. The molecule has 172 valence electrons. The first-order valence-corrected chi connectivity index (χ1v) is 10.5. The molecule has 1 saturated heterocycles. The standard InChI is InChI=1S/C22H19ClF3N5O2/c23-17-4-1-15(2-5-17)21(33)30-9-7-14(8-10-30)20(32)29-18-11-16(22(24,25)26)3-6-19(18)31-13-27-12-28-31/h1-6,11-14H,7-10H2,(H,29,32). The average Bonchev–Trinajstić information content (AvgIpc) is 3.33. The first-order chi connectivity index (χ1) is 15.7. The predicted molar refractivity (Wildman–Crippen MR) is 115 cm³/mol. The second kappa shape index (κ2) is 9.22. The Balaban J connectivity index is 1.45. The minimum Gasteiger partial charge on any atom is -0.339 e. The smallest absolute Gasteiger partial charge is 0.339 e. The van der Waals surface area contributed by atoms with E-state index in [1.807, 2.05) is 0 Å². The highest BCUT2D eigenvalue weighted by molar-refractivity contribution is 6.30. The Labute approximate surface area is 192 Å². The highest BCUT2D eigenvalue weighted by Crippen LogP contribution is 2.33. The zero-order valence-corrected chi connectivity index (χ0v) is 18.0. The quantitative estimate of drug-likeness (QED) is 0.603. The lowest BCUT2D eigenvalue weighted by molar-refractivity contribution is -0.137.